The van der Waals surface area contributed by atoms with E-state index in [2.05, 4.69) is 5.32 Å². The summed E-state index contributed by atoms with van der Waals surface area (Å²) in [6.45, 7) is 2.08. The molecular formula is C12H13NO2. The molecule has 0 amide bonds. The van der Waals surface area contributed by atoms with Crippen LogP contribution in [0.4, 0.5) is 0 Å². The van der Waals surface area contributed by atoms with E-state index in [1.807, 2.05) is 30.3 Å². The van der Waals surface area contributed by atoms with Crippen molar-refractivity contribution in [2.24, 2.45) is 0 Å². The van der Waals surface area contributed by atoms with Gasteiger partial charge in [0, 0.05) is 6.08 Å². The van der Waals surface area contributed by atoms with Crippen LogP contribution in [-0.2, 0) is 9.53 Å². The van der Waals surface area contributed by atoms with E-state index >= 15 is 0 Å². The molecule has 15 heavy (non-hydrogen) atoms. The number of ketones is 1. The molecule has 1 fully saturated rings. The molecule has 3 nitrogen and oxygen atoms in total. The van der Waals surface area contributed by atoms with E-state index < -0.39 is 0 Å². The Morgan fingerprint density at radius 2 is 2.20 bits per heavy atom. The summed E-state index contributed by atoms with van der Waals surface area (Å²) in [6.07, 6.45) is 1.48. The SMILES string of the molecule is CC(=O)/C=C1/N[C@@H](c2ccccc2)CO1. The first kappa shape index (κ1) is 9.77. The molecule has 1 aliphatic rings. The monoisotopic (exact) mass is 203 g/mol. The predicted octanol–water partition coefficient (Wildman–Crippen LogP) is 1.78. The standard InChI is InChI=1S/C12H13NO2/c1-9(14)7-12-13-11(8-15-12)10-5-3-2-4-6-10/h2-7,11,13H,8H2,1H3/b12-7-/t11-/m1/s1. The van der Waals surface area contributed by atoms with E-state index in [-0.39, 0.29) is 11.8 Å². The molecule has 0 aromatic heterocycles. The van der Waals surface area contributed by atoms with Crippen molar-refractivity contribution in [1.82, 2.24) is 5.32 Å². The molecule has 1 saturated heterocycles. The number of benzene rings is 1. The number of hydrogen-bond acceptors (Lipinski definition) is 3. The van der Waals surface area contributed by atoms with Gasteiger partial charge in [-0.3, -0.25) is 4.79 Å². The maximum atomic E-state index is 10.8. The number of carbonyl (C=O) groups excluding carboxylic acids is 1. The normalized spacial score (nSPS) is 22.2. The number of hydrogen-bond donors (Lipinski definition) is 1. The largest absolute Gasteiger partial charge is 0.477 e. The molecule has 1 aliphatic heterocycles. The molecule has 1 atom stereocenters. The van der Waals surface area contributed by atoms with Gasteiger partial charge >= 0.3 is 0 Å². The highest BCUT2D eigenvalue weighted by Crippen LogP contribution is 2.21. The molecule has 1 heterocycles. The van der Waals surface area contributed by atoms with Crippen molar-refractivity contribution in [2.75, 3.05) is 6.61 Å². The Morgan fingerprint density at radius 3 is 2.87 bits per heavy atom. The van der Waals surface area contributed by atoms with Crippen LogP contribution < -0.4 is 5.32 Å². The zero-order valence-electron chi connectivity index (χ0n) is 8.57. The van der Waals surface area contributed by atoms with Crippen LogP contribution in [0, 0.1) is 0 Å². The molecule has 2 rings (SSSR count). The number of allylic oxidation sites excluding steroid dienone is 1. The molecule has 1 aromatic carbocycles. The third-order valence-electron chi connectivity index (χ3n) is 2.26. The van der Waals surface area contributed by atoms with Crippen LogP contribution >= 0.6 is 0 Å². The summed E-state index contributed by atoms with van der Waals surface area (Å²) >= 11 is 0. The first-order valence-corrected chi connectivity index (χ1v) is 4.92. The summed E-state index contributed by atoms with van der Waals surface area (Å²) < 4.78 is 5.36. The van der Waals surface area contributed by atoms with Gasteiger partial charge in [0.25, 0.3) is 0 Å². The molecule has 78 valence electrons. The fourth-order valence-corrected chi connectivity index (χ4v) is 1.56. The molecule has 0 bridgehead atoms. The zero-order valence-corrected chi connectivity index (χ0v) is 8.57. The summed E-state index contributed by atoms with van der Waals surface area (Å²) in [5, 5.41) is 3.16. The van der Waals surface area contributed by atoms with E-state index in [1.54, 1.807) is 0 Å². The Labute approximate surface area is 88.8 Å². The summed E-state index contributed by atoms with van der Waals surface area (Å²) in [7, 11) is 0. The first-order chi connectivity index (χ1) is 7.25. The maximum Gasteiger partial charge on any atom is 0.190 e. The minimum atomic E-state index is -0.00814. The second-order valence-corrected chi connectivity index (χ2v) is 3.54. The number of nitrogens with one attached hydrogen (secondary N) is 1. The smallest absolute Gasteiger partial charge is 0.190 e. The van der Waals surface area contributed by atoms with E-state index in [4.69, 9.17) is 4.74 Å². The van der Waals surface area contributed by atoms with Gasteiger partial charge < -0.3 is 10.1 Å². The van der Waals surface area contributed by atoms with E-state index in [9.17, 15) is 4.79 Å². The summed E-state index contributed by atoms with van der Waals surface area (Å²) in [6, 6.07) is 10.2. The predicted molar refractivity (Wildman–Crippen MR) is 57.0 cm³/mol. The van der Waals surface area contributed by atoms with Crippen molar-refractivity contribution < 1.29 is 9.53 Å². The highest BCUT2D eigenvalue weighted by Gasteiger charge is 2.20. The Morgan fingerprint density at radius 1 is 1.47 bits per heavy atom. The van der Waals surface area contributed by atoms with E-state index in [0.29, 0.717) is 12.5 Å². The van der Waals surface area contributed by atoms with Crippen LogP contribution in [0.3, 0.4) is 0 Å². The van der Waals surface area contributed by atoms with Crippen LogP contribution in [0.25, 0.3) is 0 Å². The molecule has 0 saturated carbocycles. The number of carbonyl (C=O) groups is 1. The molecule has 3 heteroatoms. The molecule has 1 aromatic rings. The van der Waals surface area contributed by atoms with Gasteiger partial charge in [-0.15, -0.1) is 0 Å². The van der Waals surface area contributed by atoms with Gasteiger partial charge in [-0.1, -0.05) is 30.3 Å². The lowest BCUT2D eigenvalue weighted by Gasteiger charge is -2.07. The van der Waals surface area contributed by atoms with Crippen molar-refractivity contribution >= 4 is 5.78 Å². The average molecular weight is 203 g/mol. The summed E-state index contributed by atoms with van der Waals surface area (Å²) in [5.41, 5.74) is 1.17. The molecule has 0 aliphatic carbocycles. The van der Waals surface area contributed by atoms with Gasteiger partial charge in [-0.25, -0.2) is 0 Å². The first-order valence-electron chi connectivity index (χ1n) is 4.92. The molecule has 0 unspecified atom stereocenters. The topological polar surface area (TPSA) is 38.3 Å². The Hall–Kier alpha value is -1.77. The van der Waals surface area contributed by atoms with Crippen LogP contribution in [0.15, 0.2) is 42.3 Å². The quantitative estimate of drug-likeness (QED) is 0.744. The number of rotatable bonds is 2. The Bertz CT molecular complexity index is 384. The van der Waals surface area contributed by atoms with Crippen LogP contribution in [0.1, 0.15) is 18.5 Å². The summed E-state index contributed by atoms with van der Waals surface area (Å²) in [5.74, 6) is 0.558. The van der Waals surface area contributed by atoms with Crippen molar-refractivity contribution in [3.63, 3.8) is 0 Å². The van der Waals surface area contributed by atoms with Gasteiger partial charge in [0.1, 0.15) is 6.61 Å². The third kappa shape index (κ3) is 2.37. The summed E-state index contributed by atoms with van der Waals surface area (Å²) in [4.78, 5) is 10.8. The highest BCUT2D eigenvalue weighted by atomic mass is 16.5. The second-order valence-electron chi connectivity index (χ2n) is 3.54. The lowest BCUT2D eigenvalue weighted by atomic mass is 10.1. The lowest BCUT2D eigenvalue weighted by molar-refractivity contribution is -0.112. The maximum absolute atomic E-state index is 10.8. The molecule has 0 spiro atoms. The van der Waals surface area contributed by atoms with Gasteiger partial charge in [-0.2, -0.15) is 0 Å². The minimum Gasteiger partial charge on any atom is -0.477 e. The fourth-order valence-electron chi connectivity index (χ4n) is 1.56. The van der Waals surface area contributed by atoms with E-state index in [0.717, 1.165) is 0 Å². The molecule has 1 N–H and O–H groups in total. The third-order valence-corrected chi connectivity index (χ3v) is 2.26. The van der Waals surface area contributed by atoms with Crippen molar-refractivity contribution in [2.45, 2.75) is 13.0 Å². The minimum absolute atomic E-state index is 0.00814. The average Bonchev–Trinajstić information content (AvgIpc) is 2.67. The number of ether oxygens (including phenoxy) is 1. The van der Waals surface area contributed by atoms with Crippen molar-refractivity contribution in [3.8, 4) is 0 Å². The van der Waals surface area contributed by atoms with E-state index in [1.165, 1.54) is 18.6 Å². The van der Waals surface area contributed by atoms with Crippen LogP contribution in [0.5, 0.6) is 0 Å². The highest BCUT2D eigenvalue weighted by molar-refractivity contribution is 5.87. The van der Waals surface area contributed by atoms with Crippen molar-refractivity contribution in [3.05, 3.63) is 47.9 Å². The molecule has 0 radical (unpaired) electrons. The van der Waals surface area contributed by atoms with Gasteiger partial charge in [0.2, 0.25) is 0 Å². The fraction of sp³-hybridized carbons (Fsp3) is 0.250. The van der Waals surface area contributed by atoms with Crippen LogP contribution in [0.2, 0.25) is 0 Å². The van der Waals surface area contributed by atoms with Crippen molar-refractivity contribution in [1.29, 1.82) is 0 Å². The molecular weight excluding hydrogens is 190 g/mol. The second kappa shape index (κ2) is 4.17. The Balaban J connectivity index is 2.08. The van der Waals surface area contributed by atoms with Gasteiger partial charge in [-0.05, 0) is 12.5 Å². The Kier molecular flexibility index (Phi) is 2.72. The zero-order chi connectivity index (χ0) is 10.7. The van der Waals surface area contributed by atoms with Gasteiger partial charge in [0.05, 0.1) is 6.04 Å². The lowest BCUT2D eigenvalue weighted by Crippen LogP contribution is -2.13. The van der Waals surface area contributed by atoms with Crippen LogP contribution in [-0.4, -0.2) is 12.4 Å². The van der Waals surface area contributed by atoms with Gasteiger partial charge in [0.15, 0.2) is 11.7 Å².